The van der Waals surface area contributed by atoms with E-state index in [-0.39, 0.29) is 24.4 Å². The van der Waals surface area contributed by atoms with Crippen molar-refractivity contribution in [2.75, 3.05) is 0 Å². The van der Waals surface area contributed by atoms with Gasteiger partial charge in [0.15, 0.2) is 0 Å². The highest BCUT2D eigenvalue weighted by atomic mass is 28.4. The summed E-state index contributed by atoms with van der Waals surface area (Å²) in [5.41, 5.74) is 1.55. The molecule has 1 aromatic rings. The summed E-state index contributed by atoms with van der Waals surface area (Å²) >= 11 is 0. The van der Waals surface area contributed by atoms with Crippen molar-refractivity contribution in [2.24, 2.45) is 0 Å². The van der Waals surface area contributed by atoms with Gasteiger partial charge >= 0.3 is 7.12 Å². The minimum atomic E-state index is -2.06. The van der Waals surface area contributed by atoms with E-state index in [4.69, 9.17) is 13.7 Å². The molecule has 1 heterocycles. The Morgan fingerprint density at radius 3 is 1.92 bits per heavy atom. The molecule has 1 aromatic carbocycles. The second-order valence-electron chi connectivity index (χ2n) is 8.67. The van der Waals surface area contributed by atoms with Crippen LogP contribution in [-0.4, -0.2) is 32.7 Å². The van der Waals surface area contributed by atoms with Gasteiger partial charge in [-0.2, -0.15) is 0 Å². The van der Waals surface area contributed by atoms with E-state index in [9.17, 15) is 0 Å². The standard InChI is InChI=1S/C20H33BO3Si/c1-15(2)22-25(8,9)16(3)18(17-13-11-10-12-14-17)21-23-19(4,5)20(6,7)24-21/h10-15H,1-9H3/b18-16-. The molecule has 0 saturated carbocycles. The topological polar surface area (TPSA) is 27.7 Å². The number of rotatable bonds is 5. The first-order valence-electron chi connectivity index (χ1n) is 9.17. The van der Waals surface area contributed by atoms with Crippen molar-refractivity contribution in [2.45, 2.75) is 78.9 Å². The fourth-order valence-corrected chi connectivity index (χ4v) is 5.38. The second-order valence-corrected chi connectivity index (χ2v) is 12.7. The maximum Gasteiger partial charge on any atom is 0.495 e. The van der Waals surface area contributed by atoms with Crippen molar-refractivity contribution >= 4 is 20.9 Å². The molecule has 1 fully saturated rings. The Hall–Kier alpha value is -0.878. The lowest BCUT2D eigenvalue weighted by Crippen LogP contribution is -2.41. The first-order valence-corrected chi connectivity index (χ1v) is 12.1. The molecule has 1 saturated heterocycles. The Morgan fingerprint density at radius 2 is 1.48 bits per heavy atom. The quantitative estimate of drug-likeness (QED) is 0.670. The number of hydrogen-bond acceptors (Lipinski definition) is 3. The predicted molar refractivity (Wildman–Crippen MR) is 109 cm³/mol. The van der Waals surface area contributed by atoms with Gasteiger partial charge in [0.1, 0.15) is 0 Å². The Bertz CT molecular complexity index is 620. The molecule has 0 unspecified atom stereocenters. The minimum absolute atomic E-state index is 0.201. The molecule has 3 nitrogen and oxygen atoms in total. The summed E-state index contributed by atoms with van der Waals surface area (Å²) < 4.78 is 19.1. The van der Waals surface area contributed by atoms with E-state index in [1.165, 1.54) is 5.20 Å². The third kappa shape index (κ3) is 4.27. The lowest BCUT2D eigenvalue weighted by molar-refractivity contribution is 0.00578. The smallest absolute Gasteiger partial charge is 0.411 e. The normalized spacial score (nSPS) is 20.8. The van der Waals surface area contributed by atoms with Gasteiger partial charge in [0.2, 0.25) is 8.32 Å². The third-order valence-corrected chi connectivity index (χ3v) is 8.55. The van der Waals surface area contributed by atoms with E-state index in [0.717, 1.165) is 11.0 Å². The number of hydrogen-bond donors (Lipinski definition) is 0. The zero-order valence-electron chi connectivity index (χ0n) is 17.3. The highest BCUT2D eigenvalue weighted by molar-refractivity contribution is 6.84. The molecule has 0 N–H and O–H groups in total. The fraction of sp³-hybridized carbons (Fsp3) is 0.600. The molecule has 0 aromatic heterocycles. The first kappa shape index (κ1) is 20.4. The number of benzene rings is 1. The summed E-state index contributed by atoms with van der Waals surface area (Å²) in [6, 6.07) is 10.4. The predicted octanol–water partition coefficient (Wildman–Crippen LogP) is 5.26. The van der Waals surface area contributed by atoms with Crippen LogP contribution in [-0.2, 0) is 13.7 Å². The highest BCUT2D eigenvalue weighted by Crippen LogP contribution is 2.42. The average molecular weight is 360 g/mol. The first-order chi connectivity index (χ1) is 11.4. The fourth-order valence-electron chi connectivity index (χ4n) is 3.11. The van der Waals surface area contributed by atoms with Gasteiger partial charge in [-0.15, -0.1) is 0 Å². The molecular formula is C20H33BO3Si. The summed E-state index contributed by atoms with van der Waals surface area (Å²) in [6.45, 7) is 19.2. The molecule has 0 atom stereocenters. The molecule has 1 aliphatic rings. The van der Waals surface area contributed by atoms with Crippen LogP contribution in [0.1, 0.15) is 54.0 Å². The van der Waals surface area contributed by atoms with E-state index in [1.54, 1.807) is 0 Å². The summed E-state index contributed by atoms with van der Waals surface area (Å²) in [4.78, 5) is 0. The zero-order valence-corrected chi connectivity index (χ0v) is 18.3. The summed E-state index contributed by atoms with van der Waals surface area (Å²) in [5.74, 6) is 0. The molecule has 5 heteroatoms. The largest absolute Gasteiger partial charge is 0.495 e. The van der Waals surface area contributed by atoms with Crippen LogP contribution in [0, 0.1) is 0 Å². The Kier molecular flexibility index (Phi) is 5.75. The van der Waals surface area contributed by atoms with Crippen LogP contribution in [0.3, 0.4) is 0 Å². The van der Waals surface area contributed by atoms with Crippen LogP contribution < -0.4 is 0 Å². The third-order valence-electron chi connectivity index (χ3n) is 5.41. The zero-order chi connectivity index (χ0) is 19.0. The van der Waals surface area contributed by atoms with Gasteiger partial charge in [-0.05, 0) is 72.6 Å². The lowest BCUT2D eigenvalue weighted by atomic mass is 9.73. The minimum Gasteiger partial charge on any atom is -0.411 e. The van der Waals surface area contributed by atoms with Gasteiger partial charge in [-0.25, -0.2) is 0 Å². The van der Waals surface area contributed by atoms with Crippen molar-refractivity contribution in [1.82, 2.24) is 0 Å². The molecule has 138 valence electrons. The molecule has 2 rings (SSSR count). The van der Waals surface area contributed by atoms with Gasteiger partial charge < -0.3 is 13.7 Å². The molecule has 0 amide bonds. The Balaban J connectivity index is 2.55. The summed E-state index contributed by atoms with van der Waals surface area (Å²) in [6.07, 6.45) is 0.201. The van der Waals surface area contributed by atoms with E-state index in [2.05, 4.69) is 85.8 Å². The van der Waals surface area contributed by atoms with E-state index in [1.807, 2.05) is 6.07 Å². The summed E-state index contributed by atoms with van der Waals surface area (Å²) in [7, 11) is -2.44. The average Bonchev–Trinajstić information content (AvgIpc) is 2.67. The molecule has 25 heavy (non-hydrogen) atoms. The van der Waals surface area contributed by atoms with Gasteiger partial charge in [0.05, 0.1) is 11.2 Å². The molecule has 0 radical (unpaired) electrons. The van der Waals surface area contributed by atoms with Crippen LogP contribution in [0.25, 0.3) is 5.47 Å². The molecule has 0 bridgehead atoms. The van der Waals surface area contributed by atoms with E-state index < -0.39 is 8.32 Å². The van der Waals surface area contributed by atoms with Crippen molar-refractivity contribution < 1.29 is 13.7 Å². The molecular weight excluding hydrogens is 327 g/mol. The van der Waals surface area contributed by atoms with Crippen LogP contribution in [0.15, 0.2) is 35.5 Å². The van der Waals surface area contributed by atoms with Gasteiger partial charge in [0, 0.05) is 6.10 Å². The van der Waals surface area contributed by atoms with Crippen LogP contribution in [0.2, 0.25) is 13.1 Å². The van der Waals surface area contributed by atoms with Crippen molar-refractivity contribution in [3.63, 3.8) is 0 Å². The van der Waals surface area contributed by atoms with Crippen molar-refractivity contribution in [3.8, 4) is 0 Å². The van der Waals surface area contributed by atoms with Crippen LogP contribution in [0.5, 0.6) is 0 Å². The van der Waals surface area contributed by atoms with Crippen LogP contribution >= 0.6 is 0 Å². The second kappa shape index (κ2) is 7.03. The SMILES string of the molecule is C/C(=C(/B1OC(C)(C)C(C)(C)O1)c1ccccc1)[Si](C)(C)OC(C)C. The van der Waals surface area contributed by atoms with E-state index >= 15 is 0 Å². The Labute approximate surface area is 155 Å². The van der Waals surface area contributed by atoms with Crippen LogP contribution in [0.4, 0.5) is 0 Å². The van der Waals surface area contributed by atoms with Gasteiger partial charge in [-0.1, -0.05) is 35.5 Å². The molecule has 1 aliphatic heterocycles. The molecule has 0 aliphatic carbocycles. The van der Waals surface area contributed by atoms with Gasteiger partial charge in [0.25, 0.3) is 0 Å². The highest BCUT2D eigenvalue weighted by Gasteiger charge is 2.53. The van der Waals surface area contributed by atoms with Crippen molar-refractivity contribution in [3.05, 3.63) is 41.1 Å². The number of allylic oxidation sites excluding steroid dienone is 1. The van der Waals surface area contributed by atoms with Gasteiger partial charge in [-0.3, -0.25) is 0 Å². The van der Waals surface area contributed by atoms with E-state index in [0.29, 0.717) is 0 Å². The monoisotopic (exact) mass is 360 g/mol. The maximum atomic E-state index is 6.39. The van der Waals surface area contributed by atoms with Crippen molar-refractivity contribution in [1.29, 1.82) is 0 Å². The Morgan fingerprint density at radius 1 is 1.00 bits per heavy atom. The molecule has 0 spiro atoms. The maximum absolute atomic E-state index is 6.39. The summed E-state index contributed by atoms with van der Waals surface area (Å²) in [5, 5.41) is 1.27. The lowest BCUT2D eigenvalue weighted by Gasteiger charge is -2.32.